The fourth-order valence-corrected chi connectivity index (χ4v) is 2.22. The third kappa shape index (κ3) is 3.98. The summed E-state index contributed by atoms with van der Waals surface area (Å²) in [4.78, 5) is 12.0. The van der Waals surface area contributed by atoms with Gasteiger partial charge in [-0.2, -0.15) is 0 Å². The number of phenolic OH excluding ortho intramolecular Hbond substituents is 1. The van der Waals surface area contributed by atoms with E-state index < -0.39 is 0 Å². The summed E-state index contributed by atoms with van der Waals surface area (Å²) in [7, 11) is 0. The summed E-state index contributed by atoms with van der Waals surface area (Å²) in [6.07, 6.45) is 3.28. The Morgan fingerprint density at radius 2 is 1.86 bits per heavy atom. The van der Waals surface area contributed by atoms with Gasteiger partial charge in [-0.3, -0.25) is 4.79 Å². The van der Waals surface area contributed by atoms with Gasteiger partial charge in [-0.05, 0) is 47.7 Å². The van der Waals surface area contributed by atoms with E-state index in [-0.39, 0.29) is 17.6 Å². The van der Waals surface area contributed by atoms with Gasteiger partial charge in [-0.15, -0.1) is 0 Å². The molecule has 0 atom stereocenters. The zero-order valence-corrected chi connectivity index (χ0v) is 13.1. The smallest absolute Gasteiger partial charge is 0.248 e. The normalized spacial score (nSPS) is 11.1. The Labute approximate surface area is 131 Å². The molecule has 0 unspecified atom stereocenters. The van der Waals surface area contributed by atoms with E-state index in [2.05, 4.69) is 5.32 Å². The number of aryl methyl sites for hydroxylation is 1. The van der Waals surface area contributed by atoms with Crippen molar-refractivity contribution in [2.24, 2.45) is 0 Å². The number of carbonyl (C=O) groups excluding carboxylic acids is 1. The number of benzene rings is 2. The second kappa shape index (κ2) is 6.94. The molecule has 114 valence electrons. The number of anilines is 1. The molecule has 0 aliphatic carbocycles. The molecule has 0 aliphatic rings. The first kappa shape index (κ1) is 15.8. The minimum atomic E-state index is -0.188. The van der Waals surface area contributed by atoms with E-state index in [9.17, 15) is 9.90 Å². The Morgan fingerprint density at radius 1 is 1.18 bits per heavy atom. The number of hydrogen-bond donors (Lipinski definition) is 2. The standard InChI is InChI=1S/C19H21NO2/c1-13(2)16-12-17(14(3)11-18(16)21)20-19(22)10-9-15-7-5-4-6-8-15/h4-13,21H,1-3H3,(H,20,22)/b10-9+. The molecule has 1 amide bonds. The first-order valence-electron chi connectivity index (χ1n) is 7.35. The van der Waals surface area contributed by atoms with E-state index in [1.807, 2.05) is 57.2 Å². The molecule has 2 aromatic rings. The van der Waals surface area contributed by atoms with Crippen molar-refractivity contribution in [3.63, 3.8) is 0 Å². The van der Waals surface area contributed by atoms with Crippen LogP contribution in [0.5, 0.6) is 5.75 Å². The van der Waals surface area contributed by atoms with Gasteiger partial charge < -0.3 is 10.4 Å². The fourth-order valence-electron chi connectivity index (χ4n) is 2.22. The lowest BCUT2D eigenvalue weighted by molar-refractivity contribution is -0.111. The van der Waals surface area contributed by atoms with Gasteiger partial charge in [0, 0.05) is 11.8 Å². The van der Waals surface area contributed by atoms with Gasteiger partial charge in [0.25, 0.3) is 0 Å². The summed E-state index contributed by atoms with van der Waals surface area (Å²) < 4.78 is 0. The third-order valence-corrected chi connectivity index (χ3v) is 3.48. The first-order valence-corrected chi connectivity index (χ1v) is 7.35. The van der Waals surface area contributed by atoms with E-state index in [1.165, 1.54) is 6.08 Å². The monoisotopic (exact) mass is 295 g/mol. The summed E-state index contributed by atoms with van der Waals surface area (Å²) in [5, 5.41) is 12.8. The molecule has 0 aromatic heterocycles. The van der Waals surface area contributed by atoms with Gasteiger partial charge in [0.15, 0.2) is 0 Å². The lowest BCUT2D eigenvalue weighted by atomic mass is 9.99. The van der Waals surface area contributed by atoms with Crippen molar-refractivity contribution in [2.45, 2.75) is 26.7 Å². The fraction of sp³-hybridized carbons (Fsp3) is 0.211. The van der Waals surface area contributed by atoms with E-state index in [1.54, 1.807) is 12.1 Å². The highest BCUT2D eigenvalue weighted by atomic mass is 16.3. The van der Waals surface area contributed by atoms with E-state index in [0.717, 1.165) is 22.4 Å². The summed E-state index contributed by atoms with van der Waals surface area (Å²) >= 11 is 0. The van der Waals surface area contributed by atoms with Gasteiger partial charge in [-0.25, -0.2) is 0 Å². The summed E-state index contributed by atoms with van der Waals surface area (Å²) in [6, 6.07) is 13.2. The molecule has 0 fully saturated rings. The maximum atomic E-state index is 12.0. The topological polar surface area (TPSA) is 49.3 Å². The highest BCUT2D eigenvalue weighted by Gasteiger charge is 2.10. The highest BCUT2D eigenvalue weighted by molar-refractivity contribution is 6.02. The van der Waals surface area contributed by atoms with Crippen molar-refractivity contribution in [1.82, 2.24) is 0 Å². The first-order chi connectivity index (χ1) is 10.5. The molecule has 0 saturated heterocycles. The molecule has 0 saturated carbocycles. The molecule has 2 aromatic carbocycles. The van der Waals surface area contributed by atoms with Gasteiger partial charge in [0.2, 0.25) is 5.91 Å². The average molecular weight is 295 g/mol. The van der Waals surface area contributed by atoms with Crippen molar-refractivity contribution in [3.8, 4) is 5.75 Å². The van der Waals surface area contributed by atoms with Crippen LogP contribution in [0.3, 0.4) is 0 Å². The number of rotatable bonds is 4. The number of aromatic hydroxyl groups is 1. The van der Waals surface area contributed by atoms with Gasteiger partial charge >= 0.3 is 0 Å². The maximum absolute atomic E-state index is 12.0. The molecule has 0 spiro atoms. The molecule has 0 bridgehead atoms. The van der Waals surface area contributed by atoms with Crippen molar-refractivity contribution < 1.29 is 9.90 Å². The van der Waals surface area contributed by atoms with Crippen LogP contribution in [-0.4, -0.2) is 11.0 Å². The molecular formula is C19H21NO2. The number of hydrogen-bond acceptors (Lipinski definition) is 2. The summed E-state index contributed by atoms with van der Waals surface area (Å²) in [5.74, 6) is 0.272. The van der Waals surface area contributed by atoms with Crippen LogP contribution in [0.25, 0.3) is 6.08 Å². The summed E-state index contributed by atoms with van der Waals surface area (Å²) in [5.41, 5.74) is 3.36. The van der Waals surface area contributed by atoms with Crippen molar-refractivity contribution >= 4 is 17.7 Å². The Balaban J connectivity index is 2.15. The zero-order valence-electron chi connectivity index (χ0n) is 13.1. The highest BCUT2D eigenvalue weighted by Crippen LogP contribution is 2.31. The molecule has 0 radical (unpaired) electrons. The lowest BCUT2D eigenvalue weighted by Gasteiger charge is -2.13. The largest absolute Gasteiger partial charge is 0.508 e. The molecule has 0 heterocycles. The van der Waals surface area contributed by atoms with E-state index in [0.29, 0.717) is 0 Å². The average Bonchev–Trinajstić information content (AvgIpc) is 2.48. The predicted molar refractivity (Wildman–Crippen MR) is 91.0 cm³/mol. The van der Waals surface area contributed by atoms with Crippen LogP contribution in [0.1, 0.15) is 36.5 Å². The van der Waals surface area contributed by atoms with Gasteiger partial charge in [-0.1, -0.05) is 44.2 Å². The van der Waals surface area contributed by atoms with Crippen molar-refractivity contribution in [2.75, 3.05) is 5.32 Å². The Morgan fingerprint density at radius 3 is 2.50 bits per heavy atom. The number of carbonyl (C=O) groups is 1. The van der Waals surface area contributed by atoms with Crippen LogP contribution in [0, 0.1) is 6.92 Å². The molecule has 22 heavy (non-hydrogen) atoms. The van der Waals surface area contributed by atoms with E-state index in [4.69, 9.17) is 0 Å². The maximum Gasteiger partial charge on any atom is 0.248 e. The van der Waals surface area contributed by atoms with Crippen LogP contribution in [0.15, 0.2) is 48.5 Å². The second-order valence-corrected chi connectivity index (χ2v) is 5.61. The number of amides is 1. The Kier molecular flexibility index (Phi) is 4.99. The minimum Gasteiger partial charge on any atom is -0.508 e. The lowest BCUT2D eigenvalue weighted by Crippen LogP contribution is -2.09. The third-order valence-electron chi connectivity index (χ3n) is 3.48. The summed E-state index contributed by atoms with van der Waals surface area (Å²) in [6.45, 7) is 5.87. The van der Waals surface area contributed by atoms with Crippen LogP contribution in [-0.2, 0) is 4.79 Å². The van der Waals surface area contributed by atoms with E-state index >= 15 is 0 Å². The molecule has 3 heteroatoms. The number of phenols is 1. The van der Waals surface area contributed by atoms with Crippen LogP contribution in [0.4, 0.5) is 5.69 Å². The van der Waals surface area contributed by atoms with Gasteiger partial charge in [0.1, 0.15) is 5.75 Å². The van der Waals surface area contributed by atoms with Crippen molar-refractivity contribution in [1.29, 1.82) is 0 Å². The Hall–Kier alpha value is -2.55. The second-order valence-electron chi connectivity index (χ2n) is 5.61. The molecule has 2 rings (SSSR count). The van der Waals surface area contributed by atoms with Crippen molar-refractivity contribution in [3.05, 3.63) is 65.2 Å². The number of nitrogens with one attached hydrogen (secondary N) is 1. The van der Waals surface area contributed by atoms with Crippen LogP contribution in [0.2, 0.25) is 0 Å². The quantitative estimate of drug-likeness (QED) is 0.645. The molecule has 0 aliphatic heterocycles. The Bertz CT molecular complexity index is 688. The SMILES string of the molecule is Cc1cc(O)c(C(C)C)cc1NC(=O)/C=C/c1ccccc1. The minimum absolute atomic E-state index is 0.188. The van der Waals surface area contributed by atoms with Crippen LogP contribution >= 0.6 is 0 Å². The van der Waals surface area contributed by atoms with Crippen LogP contribution < -0.4 is 5.32 Å². The zero-order chi connectivity index (χ0) is 16.1. The predicted octanol–water partition coefficient (Wildman–Crippen LogP) is 4.48. The molecule has 3 nitrogen and oxygen atoms in total. The molecular weight excluding hydrogens is 274 g/mol. The van der Waals surface area contributed by atoms with Gasteiger partial charge in [0.05, 0.1) is 0 Å². The molecule has 2 N–H and O–H groups in total.